The summed E-state index contributed by atoms with van der Waals surface area (Å²) in [6.07, 6.45) is -0.352. The van der Waals surface area contributed by atoms with Crippen LogP contribution in [0.2, 0.25) is 0 Å². The van der Waals surface area contributed by atoms with E-state index in [2.05, 4.69) is 0 Å². The van der Waals surface area contributed by atoms with Crippen LogP contribution in [0.4, 0.5) is 0 Å². The van der Waals surface area contributed by atoms with Gasteiger partial charge in [-0.1, -0.05) is 0 Å². The lowest BCUT2D eigenvalue weighted by Gasteiger charge is -2.34. The van der Waals surface area contributed by atoms with Crippen LogP contribution in [0.15, 0.2) is 16.8 Å². The molecule has 0 saturated carbocycles. The topological polar surface area (TPSA) is 91.8 Å². The average molecular weight is 303 g/mol. The van der Waals surface area contributed by atoms with Gasteiger partial charge in [0.25, 0.3) is 5.91 Å². The molecule has 1 saturated heterocycles. The highest BCUT2D eigenvalue weighted by molar-refractivity contribution is 7.91. The van der Waals surface area contributed by atoms with E-state index in [1.165, 1.54) is 16.2 Å². The maximum Gasteiger partial charge on any atom is 0.305 e. The zero-order valence-corrected chi connectivity index (χ0v) is 11.6. The summed E-state index contributed by atoms with van der Waals surface area (Å²) >= 11 is 1.36. The Balaban J connectivity index is 2.22. The van der Waals surface area contributed by atoms with Crippen molar-refractivity contribution in [3.8, 4) is 0 Å². The van der Waals surface area contributed by atoms with E-state index < -0.39 is 21.8 Å². The molecule has 8 heteroatoms. The number of carbonyl (C=O) groups is 2. The number of nitrogens with zero attached hydrogens (tertiary/aromatic N) is 1. The molecule has 1 fully saturated rings. The largest absolute Gasteiger partial charge is 0.481 e. The van der Waals surface area contributed by atoms with E-state index >= 15 is 0 Å². The first-order valence-corrected chi connectivity index (χ1v) is 8.41. The van der Waals surface area contributed by atoms with Gasteiger partial charge in [-0.15, -0.1) is 0 Å². The molecule has 2 rings (SSSR count). The summed E-state index contributed by atoms with van der Waals surface area (Å²) in [6.45, 7) is 0.0506. The highest BCUT2D eigenvalue weighted by Gasteiger charge is 2.35. The monoisotopic (exact) mass is 303 g/mol. The molecule has 0 spiro atoms. The van der Waals surface area contributed by atoms with Crippen molar-refractivity contribution in [2.45, 2.75) is 12.5 Å². The highest BCUT2D eigenvalue weighted by Crippen LogP contribution is 2.19. The molecule has 1 atom stereocenters. The molecular weight excluding hydrogens is 290 g/mol. The second-order valence-corrected chi connectivity index (χ2v) is 7.39. The fraction of sp³-hybridized carbons (Fsp3) is 0.455. The Kier molecular flexibility index (Phi) is 3.91. The third-order valence-corrected chi connectivity index (χ3v) is 5.35. The van der Waals surface area contributed by atoms with Crippen LogP contribution in [0.25, 0.3) is 0 Å². The summed E-state index contributed by atoms with van der Waals surface area (Å²) in [5.74, 6) is -1.80. The van der Waals surface area contributed by atoms with Crippen molar-refractivity contribution in [3.63, 3.8) is 0 Å². The number of rotatable bonds is 3. The first-order chi connectivity index (χ1) is 8.89. The van der Waals surface area contributed by atoms with Crippen molar-refractivity contribution in [2.75, 3.05) is 18.1 Å². The van der Waals surface area contributed by atoms with Crippen molar-refractivity contribution in [1.82, 2.24) is 4.90 Å². The zero-order chi connectivity index (χ0) is 14.0. The molecule has 1 amide bonds. The molecule has 1 aromatic heterocycles. The van der Waals surface area contributed by atoms with Gasteiger partial charge in [0.2, 0.25) is 0 Å². The minimum absolute atomic E-state index is 0.0506. The third kappa shape index (κ3) is 3.32. The van der Waals surface area contributed by atoms with Crippen molar-refractivity contribution >= 4 is 33.1 Å². The van der Waals surface area contributed by atoms with Gasteiger partial charge in [0.1, 0.15) is 0 Å². The molecule has 1 unspecified atom stereocenters. The molecule has 1 N–H and O–H groups in total. The van der Waals surface area contributed by atoms with Gasteiger partial charge in [-0.25, -0.2) is 8.42 Å². The predicted octanol–water partition coefficient (Wildman–Crippen LogP) is 0.462. The van der Waals surface area contributed by atoms with Crippen molar-refractivity contribution < 1.29 is 23.1 Å². The molecule has 0 aliphatic carbocycles. The second-order valence-electron chi connectivity index (χ2n) is 4.38. The Morgan fingerprint density at radius 2 is 2.21 bits per heavy atom. The Labute approximate surface area is 114 Å². The summed E-state index contributed by atoms with van der Waals surface area (Å²) in [5.41, 5.74) is 0.472. The van der Waals surface area contributed by atoms with Gasteiger partial charge in [-0.3, -0.25) is 9.59 Å². The van der Waals surface area contributed by atoms with Crippen LogP contribution in [0, 0.1) is 0 Å². The molecule has 0 radical (unpaired) electrons. The molecule has 0 aromatic carbocycles. The summed E-state index contributed by atoms with van der Waals surface area (Å²) < 4.78 is 23.1. The van der Waals surface area contributed by atoms with E-state index in [1.54, 1.807) is 16.8 Å². The van der Waals surface area contributed by atoms with Crippen molar-refractivity contribution in [2.24, 2.45) is 0 Å². The summed E-state index contributed by atoms with van der Waals surface area (Å²) in [5, 5.41) is 12.3. The molecule has 1 aliphatic heterocycles. The fourth-order valence-electron chi connectivity index (χ4n) is 2.08. The summed E-state index contributed by atoms with van der Waals surface area (Å²) in [6, 6.07) is 0.858. The first kappa shape index (κ1) is 14.0. The van der Waals surface area contributed by atoms with Gasteiger partial charge < -0.3 is 10.0 Å². The lowest BCUT2D eigenvalue weighted by molar-refractivity contribution is -0.138. The van der Waals surface area contributed by atoms with Gasteiger partial charge in [-0.05, 0) is 11.4 Å². The molecule has 1 aromatic rings. The summed E-state index contributed by atoms with van der Waals surface area (Å²) in [4.78, 5) is 24.4. The Bertz CT molecular complexity index is 578. The van der Waals surface area contributed by atoms with E-state index in [4.69, 9.17) is 5.11 Å². The van der Waals surface area contributed by atoms with Gasteiger partial charge in [-0.2, -0.15) is 11.3 Å². The molecule has 19 heavy (non-hydrogen) atoms. The Morgan fingerprint density at radius 1 is 1.47 bits per heavy atom. The number of amides is 1. The predicted molar refractivity (Wildman–Crippen MR) is 70.1 cm³/mol. The van der Waals surface area contributed by atoms with Crippen molar-refractivity contribution in [3.05, 3.63) is 22.4 Å². The van der Waals surface area contributed by atoms with E-state index in [1.807, 2.05) is 0 Å². The van der Waals surface area contributed by atoms with Gasteiger partial charge >= 0.3 is 5.97 Å². The van der Waals surface area contributed by atoms with Crippen LogP contribution in [-0.2, 0) is 14.6 Å². The maximum atomic E-state index is 12.2. The van der Waals surface area contributed by atoms with E-state index in [0.29, 0.717) is 5.56 Å². The van der Waals surface area contributed by atoms with E-state index in [9.17, 15) is 18.0 Å². The van der Waals surface area contributed by atoms with Crippen LogP contribution >= 0.6 is 11.3 Å². The van der Waals surface area contributed by atoms with Crippen LogP contribution in [0.1, 0.15) is 16.8 Å². The van der Waals surface area contributed by atoms with Crippen LogP contribution in [-0.4, -0.2) is 54.4 Å². The molecule has 104 valence electrons. The van der Waals surface area contributed by atoms with Crippen LogP contribution in [0.5, 0.6) is 0 Å². The van der Waals surface area contributed by atoms with E-state index in [0.717, 1.165) is 0 Å². The van der Waals surface area contributed by atoms with Gasteiger partial charge in [0.05, 0.1) is 29.5 Å². The SMILES string of the molecule is O=C(O)CC1CS(=O)(=O)CCN1C(=O)c1ccsc1. The lowest BCUT2D eigenvalue weighted by Crippen LogP contribution is -2.51. The molecule has 2 heterocycles. The average Bonchev–Trinajstić information content (AvgIpc) is 2.79. The highest BCUT2D eigenvalue weighted by atomic mass is 32.2. The second kappa shape index (κ2) is 5.30. The maximum absolute atomic E-state index is 12.2. The van der Waals surface area contributed by atoms with Crippen LogP contribution < -0.4 is 0 Å². The molecule has 1 aliphatic rings. The number of hydrogen-bond acceptors (Lipinski definition) is 5. The first-order valence-electron chi connectivity index (χ1n) is 5.64. The van der Waals surface area contributed by atoms with Gasteiger partial charge in [0, 0.05) is 11.9 Å². The smallest absolute Gasteiger partial charge is 0.305 e. The van der Waals surface area contributed by atoms with E-state index in [-0.39, 0.29) is 30.4 Å². The summed E-state index contributed by atoms with van der Waals surface area (Å²) in [7, 11) is -3.27. The Hall–Kier alpha value is -1.41. The number of thiophene rings is 1. The fourth-order valence-corrected chi connectivity index (χ4v) is 4.23. The number of aliphatic carboxylic acids is 1. The molecule has 6 nitrogen and oxygen atoms in total. The zero-order valence-electron chi connectivity index (χ0n) is 9.98. The van der Waals surface area contributed by atoms with Gasteiger partial charge in [0.15, 0.2) is 9.84 Å². The van der Waals surface area contributed by atoms with Crippen LogP contribution in [0.3, 0.4) is 0 Å². The standard InChI is InChI=1S/C11H13NO5S2/c13-10(14)5-9-7-19(16,17)4-2-12(9)11(15)8-1-3-18-6-8/h1,3,6,9H,2,4-5,7H2,(H,13,14). The normalized spacial score (nSPS) is 22.1. The minimum Gasteiger partial charge on any atom is -0.481 e. The third-order valence-electron chi connectivity index (χ3n) is 2.97. The minimum atomic E-state index is -3.27. The lowest BCUT2D eigenvalue weighted by atomic mass is 10.1. The number of sulfone groups is 1. The number of carboxylic acid groups (broad SMARTS) is 1. The quantitative estimate of drug-likeness (QED) is 0.876. The Morgan fingerprint density at radius 3 is 2.79 bits per heavy atom. The molecule has 0 bridgehead atoms. The number of hydrogen-bond donors (Lipinski definition) is 1. The van der Waals surface area contributed by atoms with Crippen molar-refractivity contribution in [1.29, 1.82) is 0 Å². The number of carboxylic acids is 1. The molecular formula is C11H13NO5S2. The number of carbonyl (C=O) groups excluding carboxylic acids is 1.